The number of carboxylic acids is 1. The Hall–Kier alpha value is -2.41. The summed E-state index contributed by atoms with van der Waals surface area (Å²) >= 11 is 0. The van der Waals surface area contributed by atoms with Crippen molar-refractivity contribution >= 4 is 22.8 Å². The van der Waals surface area contributed by atoms with Gasteiger partial charge in [0.1, 0.15) is 0 Å². The number of nitrogens with zero attached hydrogens (tertiary/aromatic N) is 4. The van der Waals surface area contributed by atoms with Crippen molar-refractivity contribution in [3.63, 3.8) is 0 Å². The largest absolute Gasteiger partial charge is 0.481 e. The summed E-state index contributed by atoms with van der Waals surface area (Å²) in [5, 5.41) is 9.35. The molecule has 8 rings (SSSR count). The predicted molar refractivity (Wildman–Crippen MR) is 148 cm³/mol. The van der Waals surface area contributed by atoms with Crippen molar-refractivity contribution in [2.45, 2.75) is 89.8 Å². The lowest BCUT2D eigenvalue weighted by Crippen LogP contribution is -2.56. The first kappa shape index (κ1) is 24.6. The van der Waals surface area contributed by atoms with Crippen molar-refractivity contribution in [1.82, 2.24) is 14.5 Å². The fourth-order valence-corrected chi connectivity index (χ4v) is 9.17. The van der Waals surface area contributed by atoms with Crippen molar-refractivity contribution in [2.24, 2.45) is 29.1 Å². The lowest BCUT2D eigenvalue weighted by molar-refractivity contribution is -0.142. The first-order valence-corrected chi connectivity index (χ1v) is 15.1. The molecule has 7 nitrogen and oxygen atoms in total. The number of rotatable bonds is 6. The van der Waals surface area contributed by atoms with Gasteiger partial charge in [-0.1, -0.05) is 32.4 Å². The zero-order chi connectivity index (χ0) is 26.2. The molecule has 2 aromatic rings. The maximum absolute atomic E-state index is 13.9. The number of para-hydroxylation sites is 2. The lowest BCUT2D eigenvalue weighted by atomic mass is 9.45. The average Bonchev–Trinajstić information content (AvgIpc) is 2.86. The second-order valence-electron chi connectivity index (χ2n) is 13.6. The molecule has 1 aromatic carbocycles. The van der Waals surface area contributed by atoms with Gasteiger partial charge in [-0.15, -0.1) is 0 Å². The number of aliphatic carboxylic acids is 1. The minimum absolute atomic E-state index is 0.0481. The summed E-state index contributed by atoms with van der Waals surface area (Å²) in [6.07, 6.45) is 11.4. The van der Waals surface area contributed by atoms with Gasteiger partial charge in [-0.25, -0.2) is 4.98 Å². The Labute approximate surface area is 225 Å². The van der Waals surface area contributed by atoms with E-state index >= 15 is 0 Å². The highest BCUT2D eigenvalue weighted by atomic mass is 16.4. The van der Waals surface area contributed by atoms with Crippen molar-refractivity contribution < 1.29 is 9.90 Å². The van der Waals surface area contributed by atoms with Crippen molar-refractivity contribution in [2.75, 3.05) is 24.5 Å². The van der Waals surface area contributed by atoms with Crippen LogP contribution in [-0.2, 0) is 4.79 Å². The minimum Gasteiger partial charge on any atom is -0.481 e. The summed E-state index contributed by atoms with van der Waals surface area (Å²) in [6, 6.07) is 9.23. The molecule has 204 valence electrons. The first-order chi connectivity index (χ1) is 18.3. The number of fused-ring (bicyclic) bond motifs is 5. The van der Waals surface area contributed by atoms with Crippen LogP contribution in [0.2, 0.25) is 0 Å². The van der Waals surface area contributed by atoms with Crippen LogP contribution in [0.15, 0.2) is 29.1 Å². The molecule has 0 spiro atoms. The molecule has 4 bridgehead atoms. The van der Waals surface area contributed by atoms with Gasteiger partial charge in [0.05, 0.1) is 17.0 Å². The molecular formula is C31H42N4O3. The zero-order valence-electron chi connectivity index (χ0n) is 22.9. The molecule has 1 aromatic heterocycles. The van der Waals surface area contributed by atoms with Gasteiger partial charge in [0.25, 0.3) is 5.56 Å². The van der Waals surface area contributed by atoms with Crippen LogP contribution < -0.4 is 10.5 Å². The molecule has 4 heterocycles. The van der Waals surface area contributed by atoms with Crippen LogP contribution in [0.3, 0.4) is 0 Å². The first-order valence-electron chi connectivity index (χ1n) is 15.1. The topological polar surface area (TPSA) is 78.7 Å². The second kappa shape index (κ2) is 9.07. The van der Waals surface area contributed by atoms with Gasteiger partial charge in [-0.2, -0.15) is 0 Å². The Morgan fingerprint density at radius 2 is 1.76 bits per heavy atom. The summed E-state index contributed by atoms with van der Waals surface area (Å²) in [6.45, 7) is 6.95. The number of piperidine rings is 2. The number of hydrogen-bond acceptors (Lipinski definition) is 5. The maximum atomic E-state index is 13.9. The van der Waals surface area contributed by atoms with Gasteiger partial charge in [0, 0.05) is 31.2 Å². The second-order valence-corrected chi connectivity index (χ2v) is 13.6. The standard InChI is InChI=1S/C31H42N4O3/c1-31(2)21-11-10-19(25(31)14-21)12-13-34-22-6-5-7-23(34)16-24(15-22)35-27-9-4-3-8-26(27)32-28(29(35)36)33-17-20(18-33)30(37)38/h3-4,8-9,19-25H,5-7,10-18H2,1-2H3,(H,37,38)/t19-,21-,22-,23+,24?,25-/m0/s1. The molecule has 6 aliphatic rings. The number of anilines is 1. The summed E-state index contributed by atoms with van der Waals surface area (Å²) in [4.78, 5) is 34.7. The molecule has 6 atom stereocenters. The minimum atomic E-state index is -0.795. The number of hydrogen-bond donors (Lipinski definition) is 1. The van der Waals surface area contributed by atoms with Crippen LogP contribution in [0.5, 0.6) is 0 Å². The summed E-state index contributed by atoms with van der Waals surface area (Å²) in [5.74, 6) is 1.97. The van der Waals surface area contributed by atoms with E-state index in [1.165, 1.54) is 51.5 Å². The Morgan fingerprint density at radius 1 is 1.03 bits per heavy atom. The smallest absolute Gasteiger partial charge is 0.310 e. The Bertz CT molecular complexity index is 1280. The highest BCUT2D eigenvalue weighted by Crippen LogP contribution is 2.62. The lowest BCUT2D eigenvalue weighted by Gasteiger charge is -2.60. The van der Waals surface area contributed by atoms with E-state index in [-0.39, 0.29) is 11.6 Å². The van der Waals surface area contributed by atoms with E-state index in [1.807, 2.05) is 33.7 Å². The summed E-state index contributed by atoms with van der Waals surface area (Å²) < 4.78 is 2.03. The molecule has 1 N–H and O–H groups in total. The van der Waals surface area contributed by atoms with E-state index in [4.69, 9.17) is 4.98 Å². The monoisotopic (exact) mass is 518 g/mol. The molecule has 3 aliphatic carbocycles. The van der Waals surface area contributed by atoms with Gasteiger partial charge in [-0.3, -0.25) is 14.5 Å². The average molecular weight is 519 g/mol. The van der Waals surface area contributed by atoms with Crippen LogP contribution >= 0.6 is 0 Å². The number of benzene rings is 1. The summed E-state index contributed by atoms with van der Waals surface area (Å²) in [7, 11) is 0. The molecule has 6 fully saturated rings. The summed E-state index contributed by atoms with van der Waals surface area (Å²) in [5.41, 5.74) is 2.24. The van der Waals surface area contributed by atoms with E-state index < -0.39 is 11.9 Å². The van der Waals surface area contributed by atoms with Crippen LogP contribution in [0.1, 0.15) is 77.7 Å². The molecule has 38 heavy (non-hydrogen) atoms. The quantitative estimate of drug-likeness (QED) is 0.584. The van der Waals surface area contributed by atoms with Gasteiger partial charge in [0.2, 0.25) is 0 Å². The third-order valence-electron chi connectivity index (χ3n) is 11.5. The van der Waals surface area contributed by atoms with Crippen molar-refractivity contribution in [3.8, 4) is 0 Å². The molecule has 0 radical (unpaired) electrons. The predicted octanol–water partition coefficient (Wildman–Crippen LogP) is 4.94. The van der Waals surface area contributed by atoms with E-state index in [2.05, 4.69) is 18.7 Å². The van der Waals surface area contributed by atoms with Gasteiger partial charge >= 0.3 is 5.97 Å². The SMILES string of the molecule is CC1(C)[C@H]2CC[C@@H](CCN3[C@@H]4CCC[C@H]3CC(n3c(=O)c(N5CC(C(=O)O)C5)nc5ccccc53)C4)[C@@H]1C2. The fraction of sp³-hybridized carbons (Fsp3) is 0.710. The van der Waals surface area contributed by atoms with Gasteiger partial charge in [-0.05, 0) is 93.2 Å². The van der Waals surface area contributed by atoms with E-state index in [0.29, 0.717) is 36.4 Å². The molecule has 3 saturated carbocycles. The molecule has 7 heteroatoms. The van der Waals surface area contributed by atoms with Gasteiger partial charge in [0.15, 0.2) is 5.82 Å². The highest BCUT2D eigenvalue weighted by molar-refractivity contribution is 5.78. The Morgan fingerprint density at radius 3 is 2.45 bits per heavy atom. The number of carbonyl (C=O) groups is 1. The van der Waals surface area contributed by atoms with Crippen LogP contribution in [0.25, 0.3) is 11.0 Å². The zero-order valence-corrected chi connectivity index (χ0v) is 22.9. The van der Waals surface area contributed by atoms with E-state index in [9.17, 15) is 14.7 Å². The highest BCUT2D eigenvalue weighted by Gasteiger charge is 2.54. The van der Waals surface area contributed by atoms with Crippen LogP contribution in [-0.4, -0.2) is 57.2 Å². The maximum Gasteiger partial charge on any atom is 0.310 e. The normalized spacial score (nSPS) is 34.5. The Kier molecular flexibility index (Phi) is 5.88. The van der Waals surface area contributed by atoms with Crippen LogP contribution in [0, 0.1) is 29.1 Å². The molecule has 0 amide bonds. The van der Waals surface area contributed by atoms with Crippen molar-refractivity contribution in [3.05, 3.63) is 34.6 Å². The van der Waals surface area contributed by atoms with Crippen molar-refractivity contribution in [1.29, 1.82) is 0 Å². The molecule has 1 unspecified atom stereocenters. The fourth-order valence-electron chi connectivity index (χ4n) is 9.17. The van der Waals surface area contributed by atoms with Gasteiger partial charge < -0.3 is 14.6 Å². The number of carboxylic acid groups (broad SMARTS) is 1. The van der Waals surface area contributed by atoms with Crippen LogP contribution in [0.4, 0.5) is 5.82 Å². The third kappa shape index (κ3) is 3.82. The van der Waals surface area contributed by atoms with E-state index in [0.717, 1.165) is 41.6 Å². The van der Waals surface area contributed by atoms with E-state index in [1.54, 1.807) is 0 Å². The molecule has 3 saturated heterocycles. The molecule has 3 aliphatic heterocycles. The third-order valence-corrected chi connectivity index (χ3v) is 11.5. The molecular weight excluding hydrogens is 476 g/mol. The Balaban J connectivity index is 1.13. The number of aromatic nitrogens is 2.